The highest BCUT2D eigenvalue weighted by atomic mass is 32.2. The van der Waals surface area contributed by atoms with Crippen LogP contribution in [0.4, 0.5) is 5.69 Å². The summed E-state index contributed by atoms with van der Waals surface area (Å²) in [5, 5.41) is 2.59. The summed E-state index contributed by atoms with van der Waals surface area (Å²) in [7, 11) is 0. The Kier molecular flexibility index (Phi) is 5.87. The minimum Gasteiger partial charge on any atom is -0.325 e. The number of hydrogen-bond acceptors (Lipinski definition) is 3. The zero-order chi connectivity index (χ0) is 18.4. The van der Waals surface area contributed by atoms with Crippen LogP contribution in [0.1, 0.15) is 28.1 Å². The molecule has 3 aromatic rings. The molecule has 0 aromatic heterocycles. The fraction of sp³-hybridized carbons (Fsp3) is 0.0909. The third-order valence-electron chi connectivity index (χ3n) is 3.90. The fourth-order valence-electron chi connectivity index (χ4n) is 2.53. The summed E-state index contributed by atoms with van der Waals surface area (Å²) < 4.78 is 0. The number of benzene rings is 3. The van der Waals surface area contributed by atoms with E-state index in [0.29, 0.717) is 11.3 Å². The van der Waals surface area contributed by atoms with Gasteiger partial charge in [0.15, 0.2) is 5.78 Å². The van der Waals surface area contributed by atoms with Gasteiger partial charge in [0.1, 0.15) is 5.25 Å². The molecule has 1 N–H and O–H groups in total. The summed E-state index contributed by atoms with van der Waals surface area (Å²) in [5.74, 6) is -0.0923. The second-order valence-corrected chi connectivity index (χ2v) is 7.02. The molecule has 26 heavy (non-hydrogen) atoms. The molecular weight excluding hydrogens is 342 g/mol. The summed E-state index contributed by atoms with van der Waals surface area (Å²) >= 11 is 1.51. The second-order valence-electron chi connectivity index (χ2n) is 5.84. The van der Waals surface area contributed by atoms with E-state index in [0.717, 1.165) is 10.5 Å². The molecule has 0 unspecified atom stereocenters. The maximum Gasteiger partial charge on any atom is 0.242 e. The normalized spacial score (nSPS) is 11.6. The van der Waals surface area contributed by atoms with E-state index in [4.69, 9.17) is 0 Å². The van der Waals surface area contributed by atoms with Crippen molar-refractivity contribution in [3.8, 4) is 0 Å². The van der Waals surface area contributed by atoms with Gasteiger partial charge in [-0.1, -0.05) is 48.5 Å². The third kappa shape index (κ3) is 4.61. The average Bonchev–Trinajstić information content (AvgIpc) is 2.68. The minimum absolute atomic E-state index is 0.00433. The monoisotopic (exact) mass is 361 g/mol. The largest absolute Gasteiger partial charge is 0.325 e. The molecule has 0 aliphatic heterocycles. The molecule has 0 saturated carbocycles. The van der Waals surface area contributed by atoms with Crippen LogP contribution in [0.5, 0.6) is 0 Å². The van der Waals surface area contributed by atoms with Gasteiger partial charge in [0.25, 0.3) is 0 Å². The summed E-state index contributed by atoms with van der Waals surface area (Å²) in [6.45, 7) is 1.52. The Bertz CT molecular complexity index is 877. The number of hydrogen-bond donors (Lipinski definition) is 1. The van der Waals surface area contributed by atoms with Crippen LogP contribution < -0.4 is 5.32 Å². The summed E-state index contributed by atoms with van der Waals surface area (Å²) in [5.41, 5.74) is 2.25. The van der Waals surface area contributed by atoms with E-state index < -0.39 is 0 Å². The number of rotatable bonds is 6. The molecule has 0 aliphatic rings. The van der Waals surface area contributed by atoms with Crippen LogP contribution >= 0.6 is 11.8 Å². The lowest BCUT2D eigenvalue weighted by atomic mass is 10.1. The number of carbonyl (C=O) groups excluding carboxylic acids is 2. The fourth-order valence-corrected chi connectivity index (χ4v) is 3.58. The van der Waals surface area contributed by atoms with Crippen molar-refractivity contribution in [3.63, 3.8) is 0 Å². The van der Waals surface area contributed by atoms with Crippen LogP contribution in [0.25, 0.3) is 0 Å². The molecule has 1 amide bonds. The van der Waals surface area contributed by atoms with E-state index in [1.807, 2.05) is 60.7 Å². The van der Waals surface area contributed by atoms with Gasteiger partial charge in [-0.05, 0) is 48.9 Å². The zero-order valence-electron chi connectivity index (χ0n) is 14.4. The molecule has 3 rings (SSSR count). The average molecular weight is 361 g/mol. The van der Waals surface area contributed by atoms with Gasteiger partial charge in [-0.3, -0.25) is 9.59 Å². The van der Waals surface area contributed by atoms with Crippen LogP contribution in [-0.2, 0) is 4.79 Å². The van der Waals surface area contributed by atoms with E-state index in [9.17, 15) is 9.59 Å². The molecular formula is C22H19NO2S. The van der Waals surface area contributed by atoms with Crippen molar-refractivity contribution in [2.24, 2.45) is 0 Å². The van der Waals surface area contributed by atoms with Gasteiger partial charge in [0.05, 0.1) is 0 Å². The Morgan fingerprint density at radius 3 is 1.96 bits per heavy atom. The number of thioether (sulfide) groups is 1. The first-order valence-electron chi connectivity index (χ1n) is 8.32. The second kappa shape index (κ2) is 8.50. The Labute approximate surface area is 157 Å². The van der Waals surface area contributed by atoms with Crippen LogP contribution in [0.2, 0.25) is 0 Å². The number of carbonyl (C=O) groups is 2. The molecule has 3 nitrogen and oxygen atoms in total. The quantitative estimate of drug-likeness (QED) is 0.475. The molecule has 0 saturated heterocycles. The number of ketones is 1. The van der Waals surface area contributed by atoms with Crippen molar-refractivity contribution in [2.75, 3.05) is 5.32 Å². The smallest absolute Gasteiger partial charge is 0.242 e. The van der Waals surface area contributed by atoms with Crippen LogP contribution in [-0.4, -0.2) is 11.7 Å². The first-order chi connectivity index (χ1) is 12.6. The van der Waals surface area contributed by atoms with Gasteiger partial charge in [-0.15, -0.1) is 11.8 Å². The van der Waals surface area contributed by atoms with Gasteiger partial charge in [-0.25, -0.2) is 0 Å². The maximum atomic E-state index is 12.9. The van der Waals surface area contributed by atoms with Crippen LogP contribution in [0.3, 0.4) is 0 Å². The highest BCUT2D eigenvalue weighted by Crippen LogP contribution is 2.36. The lowest BCUT2D eigenvalue weighted by molar-refractivity contribution is -0.115. The molecule has 1 atom stereocenters. The number of amides is 1. The summed E-state index contributed by atoms with van der Waals surface area (Å²) in [6, 6.07) is 26.5. The van der Waals surface area contributed by atoms with Gasteiger partial charge in [0.2, 0.25) is 5.91 Å². The first kappa shape index (κ1) is 18.0. The summed E-state index contributed by atoms with van der Waals surface area (Å²) in [4.78, 5) is 25.4. The molecule has 0 heterocycles. The van der Waals surface area contributed by atoms with Crippen molar-refractivity contribution in [3.05, 3.63) is 96.1 Å². The number of nitrogens with one attached hydrogen (secondary N) is 1. The van der Waals surface area contributed by atoms with Crippen LogP contribution in [0, 0.1) is 0 Å². The van der Waals surface area contributed by atoms with Gasteiger partial charge >= 0.3 is 0 Å². The highest BCUT2D eigenvalue weighted by Gasteiger charge is 2.22. The Morgan fingerprint density at radius 2 is 1.38 bits per heavy atom. The van der Waals surface area contributed by atoms with Crippen LogP contribution in [0.15, 0.2) is 89.8 Å². The van der Waals surface area contributed by atoms with Gasteiger partial charge in [-0.2, -0.15) is 0 Å². The Morgan fingerprint density at radius 1 is 0.808 bits per heavy atom. The van der Waals surface area contributed by atoms with E-state index >= 15 is 0 Å². The van der Waals surface area contributed by atoms with Crippen molar-refractivity contribution in [1.29, 1.82) is 0 Å². The predicted molar refractivity (Wildman–Crippen MR) is 107 cm³/mol. The number of anilines is 1. The molecule has 4 heteroatoms. The standard InChI is InChI=1S/C22H19NO2S/c1-16(24)17-12-14-19(15-13-17)23-22(25)21(18-8-4-2-5-9-18)26-20-10-6-3-7-11-20/h2-15,21H,1H3,(H,23,25)/t21-/m1/s1. The highest BCUT2D eigenvalue weighted by molar-refractivity contribution is 8.00. The zero-order valence-corrected chi connectivity index (χ0v) is 15.2. The molecule has 0 spiro atoms. The molecule has 0 aliphatic carbocycles. The molecule has 0 bridgehead atoms. The SMILES string of the molecule is CC(=O)c1ccc(NC(=O)[C@H](Sc2ccccc2)c2ccccc2)cc1. The predicted octanol–water partition coefficient (Wildman–Crippen LogP) is 5.36. The van der Waals surface area contributed by atoms with Crippen molar-refractivity contribution in [1.82, 2.24) is 0 Å². The topological polar surface area (TPSA) is 46.2 Å². The molecule has 130 valence electrons. The third-order valence-corrected chi connectivity index (χ3v) is 5.16. The van der Waals surface area contributed by atoms with E-state index in [-0.39, 0.29) is 16.9 Å². The summed E-state index contributed by atoms with van der Waals surface area (Å²) in [6.07, 6.45) is 0. The maximum absolute atomic E-state index is 12.9. The molecule has 0 fully saturated rings. The van der Waals surface area contributed by atoms with Gasteiger partial charge in [0, 0.05) is 16.1 Å². The van der Waals surface area contributed by atoms with Crippen molar-refractivity contribution in [2.45, 2.75) is 17.1 Å². The molecule has 0 radical (unpaired) electrons. The Balaban J connectivity index is 1.81. The van der Waals surface area contributed by atoms with Gasteiger partial charge < -0.3 is 5.32 Å². The lowest BCUT2D eigenvalue weighted by Crippen LogP contribution is -2.19. The minimum atomic E-state index is -0.369. The molecule has 3 aromatic carbocycles. The van der Waals surface area contributed by atoms with E-state index in [2.05, 4.69) is 5.32 Å². The van der Waals surface area contributed by atoms with Crippen molar-refractivity contribution >= 4 is 29.1 Å². The first-order valence-corrected chi connectivity index (χ1v) is 9.20. The van der Waals surface area contributed by atoms with E-state index in [1.54, 1.807) is 24.3 Å². The number of Topliss-reactive ketones (excluding diaryl/α,β-unsaturated/α-hetero) is 1. The van der Waals surface area contributed by atoms with E-state index in [1.165, 1.54) is 18.7 Å². The Hall–Kier alpha value is -2.85. The lowest BCUT2D eigenvalue weighted by Gasteiger charge is -2.17. The van der Waals surface area contributed by atoms with Crippen molar-refractivity contribution < 1.29 is 9.59 Å².